The van der Waals surface area contributed by atoms with Crippen molar-refractivity contribution < 1.29 is 0 Å². The smallest absolute Gasteiger partial charge is 0.164 e. The molecule has 0 saturated carbocycles. The highest BCUT2D eigenvalue weighted by atomic mass is 15.0. The first-order chi connectivity index (χ1) is 21.7. The van der Waals surface area contributed by atoms with Crippen LogP contribution in [0.5, 0.6) is 0 Å². The molecule has 6 aromatic carbocycles. The molecule has 0 bridgehead atoms. The van der Waals surface area contributed by atoms with Crippen LogP contribution in [0.1, 0.15) is 27.8 Å². The zero-order valence-electron chi connectivity index (χ0n) is 24.4. The van der Waals surface area contributed by atoms with Crippen molar-refractivity contribution >= 4 is 0 Å². The van der Waals surface area contributed by atoms with E-state index in [0.29, 0.717) is 17.5 Å². The molecule has 0 amide bonds. The fraction of sp³-hybridized carbons (Fsp3) is 0.0488. The molecule has 7 aromatic rings. The van der Waals surface area contributed by atoms with E-state index >= 15 is 0 Å². The van der Waals surface area contributed by atoms with E-state index in [4.69, 9.17) is 15.0 Å². The molecule has 1 aliphatic carbocycles. The topological polar surface area (TPSA) is 38.7 Å². The summed E-state index contributed by atoms with van der Waals surface area (Å²) >= 11 is 0. The Balaban J connectivity index is 1.38. The van der Waals surface area contributed by atoms with Crippen molar-refractivity contribution in [2.75, 3.05) is 0 Å². The Labute approximate surface area is 257 Å². The van der Waals surface area contributed by atoms with Gasteiger partial charge in [-0.2, -0.15) is 0 Å². The Morgan fingerprint density at radius 1 is 0.386 bits per heavy atom. The first-order valence-corrected chi connectivity index (χ1v) is 15.0. The van der Waals surface area contributed by atoms with Gasteiger partial charge in [-0.3, -0.25) is 0 Å². The normalized spacial score (nSPS) is 12.8. The van der Waals surface area contributed by atoms with Crippen LogP contribution in [0.4, 0.5) is 0 Å². The van der Waals surface area contributed by atoms with Crippen molar-refractivity contribution in [1.29, 1.82) is 0 Å². The number of aromatic nitrogens is 3. The predicted molar refractivity (Wildman–Crippen MR) is 178 cm³/mol. The number of fused-ring (bicyclic) bond motifs is 3. The van der Waals surface area contributed by atoms with Gasteiger partial charge in [0.2, 0.25) is 0 Å². The van der Waals surface area contributed by atoms with E-state index in [1.807, 2.05) is 30.3 Å². The first-order valence-electron chi connectivity index (χ1n) is 15.0. The minimum atomic E-state index is -0.487. The van der Waals surface area contributed by atoms with Crippen molar-refractivity contribution in [3.8, 4) is 45.3 Å². The molecule has 44 heavy (non-hydrogen) atoms. The van der Waals surface area contributed by atoms with Crippen molar-refractivity contribution in [3.63, 3.8) is 0 Å². The van der Waals surface area contributed by atoms with Gasteiger partial charge >= 0.3 is 0 Å². The maximum Gasteiger partial charge on any atom is 0.164 e. The second-order valence-electron chi connectivity index (χ2n) is 11.3. The lowest BCUT2D eigenvalue weighted by Crippen LogP contribution is -2.28. The zero-order chi connectivity index (χ0) is 29.5. The highest BCUT2D eigenvalue weighted by molar-refractivity contribution is 5.86. The second-order valence-corrected chi connectivity index (χ2v) is 11.3. The standard InChI is InChI=1S/C41H29N3/c1-28-23-25-30(26-24-28)39-42-38(29-13-4-2-5-14-29)43-40(44-39)31-15-12-18-33(27-31)41(32-16-6-3-7-17-32)36-21-10-8-19-34(36)35-20-9-11-22-37(35)41/h2-27H,1H3. The lowest BCUT2D eigenvalue weighted by molar-refractivity contribution is 0.768. The molecule has 0 spiro atoms. The Hall–Kier alpha value is -5.67. The van der Waals surface area contributed by atoms with Gasteiger partial charge in [0.05, 0.1) is 5.41 Å². The molecule has 1 aromatic heterocycles. The van der Waals surface area contributed by atoms with E-state index in [-0.39, 0.29) is 0 Å². The second kappa shape index (κ2) is 10.6. The van der Waals surface area contributed by atoms with E-state index in [2.05, 4.69) is 134 Å². The van der Waals surface area contributed by atoms with Crippen molar-refractivity contribution in [2.45, 2.75) is 12.3 Å². The third-order valence-electron chi connectivity index (χ3n) is 8.69. The molecule has 0 unspecified atom stereocenters. The van der Waals surface area contributed by atoms with E-state index in [0.717, 1.165) is 16.7 Å². The molecular formula is C41H29N3. The minimum absolute atomic E-state index is 0.487. The van der Waals surface area contributed by atoms with Crippen LogP contribution in [0.15, 0.2) is 158 Å². The van der Waals surface area contributed by atoms with Crippen LogP contribution in [0.3, 0.4) is 0 Å². The van der Waals surface area contributed by atoms with E-state index < -0.39 is 5.41 Å². The zero-order valence-corrected chi connectivity index (χ0v) is 24.4. The van der Waals surface area contributed by atoms with Crippen molar-refractivity contribution in [1.82, 2.24) is 15.0 Å². The maximum atomic E-state index is 5.06. The van der Waals surface area contributed by atoms with E-state index in [1.165, 1.54) is 38.9 Å². The summed E-state index contributed by atoms with van der Waals surface area (Å²) in [6, 6.07) is 55.7. The largest absolute Gasteiger partial charge is 0.208 e. The summed E-state index contributed by atoms with van der Waals surface area (Å²) in [5.74, 6) is 1.97. The number of benzene rings is 6. The molecule has 208 valence electrons. The van der Waals surface area contributed by atoms with Crippen LogP contribution in [0.2, 0.25) is 0 Å². The van der Waals surface area contributed by atoms with Crippen LogP contribution in [0, 0.1) is 6.92 Å². The highest BCUT2D eigenvalue weighted by Gasteiger charge is 2.45. The van der Waals surface area contributed by atoms with Gasteiger partial charge in [0, 0.05) is 16.7 Å². The molecule has 0 fully saturated rings. The average Bonchev–Trinajstić information content (AvgIpc) is 3.40. The number of aryl methyl sites for hydroxylation is 1. The summed E-state index contributed by atoms with van der Waals surface area (Å²) in [5, 5.41) is 0. The van der Waals surface area contributed by atoms with Gasteiger partial charge < -0.3 is 0 Å². The molecule has 0 N–H and O–H groups in total. The first kappa shape index (κ1) is 26.0. The fourth-order valence-electron chi connectivity index (χ4n) is 6.66. The number of hydrogen-bond acceptors (Lipinski definition) is 3. The molecule has 1 aliphatic rings. The van der Waals surface area contributed by atoms with Crippen molar-refractivity contribution in [3.05, 3.63) is 186 Å². The van der Waals surface area contributed by atoms with E-state index in [1.54, 1.807) is 0 Å². The van der Waals surface area contributed by atoms with Gasteiger partial charge in [0.15, 0.2) is 17.5 Å². The summed E-state index contributed by atoms with van der Waals surface area (Å²) < 4.78 is 0. The average molecular weight is 564 g/mol. The number of hydrogen-bond donors (Lipinski definition) is 0. The SMILES string of the molecule is Cc1ccc(-c2nc(-c3ccccc3)nc(-c3cccc(C4(c5ccccc5)c5ccccc5-c5ccccc54)c3)n2)cc1. The Kier molecular flexibility index (Phi) is 6.23. The van der Waals surface area contributed by atoms with Crippen LogP contribution < -0.4 is 0 Å². The summed E-state index contributed by atoms with van der Waals surface area (Å²) in [4.78, 5) is 15.0. The monoisotopic (exact) mass is 563 g/mol. The summed E-state index contributed by atoms with van der Waals surface area (Å²) in [7, 11) is 0. The molecule has 0 radical (unpaired) electrons. The van der Waals surface area contributed by atoms with Crippen LogP contribution >= 0.6 is 0 Å². The molecule has 8 rings (SSSR count). The van der Waals surface area contributed by atoms with Gasteiger partial charge in [-0.1, -0.05) is 157 Å². The predicted octanol–water partition coefficient (Wildman–Crippen LogP) is 9.54. The van der Waals surface area contributed by atoms with Crippen molar-refractivity contribution in [2.24, 2.45) is 0 Å². The number of nitrogens with zero attached hydrogens (tertiary/aromatic N) is 3. The van der Waals surface area contributed by atoms with Gasteiger partial charge in [0.25, 0.3) is 0 Å². The van der Waals surface area contributed by atoms with Crippen LogP contribution in [-0.4, -0.2) is 15.0 Å². The Morgan fingerprint density at radius 2 is 0.841 bits per heavy atom. The summed E-state index contributed by atoms with van der Waals surface area (Å²) in [6.07, 6.45) is 0. The Bertz CT molecular complexity index is 2070. The number of rotatable bonds is 5. The lowest BCUT2D eigenvalue weighted by Gasteiger charge is -2.34. The maximum absolute atomic E-state index is 5.06. The third kappa shape index (κ3) is 4.17. The summed E-state index contributed by atoms with van der Waals surface area (Å²) in [5.41, 5.74) is 11.1. The van der Waals surface area contributed by atoms with Crippen LogP contribution in [-0.2, 0) is 5.41 Å². The molecule has 3 heteroatoms. The minimum Gasteiger partial charge on any atom is -0.208 e. The van der Waals surface area contributed by atoms with Gasteiger partial charge in [0.1, 0.15) is 0 Å². The van der Waals surface area contributed by atoms with Gasteiger partial charge in [-0.05, 0) is 46.4 Å². The molecule has 3 nitrogen and oxygen atoms in total. The van der Waals surface area contributed by atoms with E-state index in [9.17, 15) is 0 Å². The Morgan fingerprint density at radius 3 is 1.45 bits per heavy atom. The molecular weight excluding hydrogens is 534 g/mol. The molecule has 0 atom stereocenters. The summed E-state index contributed by atoms with van der Waals surface area (Å²) in [6.45, 7) is 2.09. The molecule has 0 saturated heterocycles. The lowest BCUT2D eigenvalue weighted by atomic mass is 9.67. The molecule has 0 aliphatic heterocycles. The third-order valence-corrected chi connectivity index (χ3v) is 8.69. The quantitative estimate of drug-likeness (QED) is 0.209. The molecule has 1 heterocycles. The highest BCUT2D eigenvalue weighted by Crippen LogP contribution is 2.56. The van der Waals surface area contributed by atoms with Gasteiger partial charge in [-0.15, -0.1) is 0 Å². The van der Waals surface area contributed by atoms with Gasteiger partial charge in [-0.25, -0.2) is 15.0 Å². The fourth-order valence-corrected chi connectivity index (χ4v) is 6.66. The van der Waals surface area contributed by atoms with Crippen LogP contribution in [0.25, 0.3) is 45.3 Å².